The number of hydrogen-bond donors (Lipinski definition) is 1. The van der Waals surface area contributed by atoms with Crippen LogP contribution < -0.4 is 10.1 Å². The third-order valence-electron chi connectivity index (χ3n) is 4.33. The van der Waals surface area contributed by atoms with Crippen molar-refractivity contribution in [2.75, 3.05) is 20.2 Å². The summed E-state index contributed by atoms with van der Waals surface area (Å²) in [6, 6.07) is 4.41. The number of ether oxygens (including phenoxy) is 1. The fraction of sp³-hybridized carbons (Fsp3) is 0.625. The van der Waals surface area contributed by atoms with Crippen LogP contribution in [0, 0.1) is 5.92 Å². The molecule has 3 rings (SSSR count). The van der Waals surface area contributed by atoms with E-state index in [0.717, 1.165) is 50.9 Å². The highest BCUT2D eigenvalue weighted by molar-refractivity contribution is 5.81. The Morgan fingerprint density at radius 1 is 1.33 bits per heavy atom. The second-order valence-electron chi connectivity index (χ2n) is 5.96. The standard InChI is InChI=1S/C16H23N3O2/c1-21-15-5-2-12(11-18-15)10-17-14-6-8-19(9-7-14)16(20)13-3-4-13/h2,5,11,13-14,17H,3-4,6-10H2,1H3. The Hall–Kier alpha value is -1.62. The van der Waals surface area contributed by atoms with E-state index < -0.39 is 0 Å². The largest absolute Gasteiger partial charge is 0.481 e. The average molecular weight is 289 g/mol. The molecule has 5 nitrogen and oxygen atoms in total. The van der Waals surface area contributed by atoms with Gasteiger partial charge in [0.1, 0.15) is 0 Å². The minimum absolute atomic E-state index is 0.347. The third kappa shape index (κ3) is 3.73. The molecule has 1 N–H and O–H groups in total. The van der Waals surface area contributed by atoms with Crippen molar-refractivity contribution in [3.05, 3.63) is 23.9 Å². The maximum Gasteiger partial charge on any atom is 0.225 e. The molecule has 1 aromatic rings. The number of rotatable bonds is 5. The van der Waals surface area contributed by atoms with Crippen molar-refractivity contribution in [2.45, 2.75) is 38.3 Å². The van der Waals surface area contributed by atoms with Crippen LogP contribution in [0.4, 0.5) is 0 Å². The van der Waals surface area contributed by atoms with Crippen molar-refractivity contribution in [3.63, 3.8) is 0 Å². The van der Waals surface area contributed by atoms with E-state index in [-0.39, 0.29) is 0 Å². The number of nitrogens with one attached hydrogen (secondary N) is 1. The molecule has 21 heavy (non-hydrogen) atoms. The van der Waals surface area contributed by atoms with Crippen molar-refractivity contribution >= 4 is 5.91 Å². The molecule has 2 aliphatic rings. The summed E-state index contributed by atoms with van der Waals surface area (Å²) in [6.07, 6.45) is 6.13. The lowest BCUT2D eigenvalue weighted by molar-refractivity contribution is -0.133. The summed E-state index contributed by atoms with van der Waals surface area (Å²) in [5.41, 5.74) is 1.16. The quantitative estimate of drug-likeness (QED) is 0.894. The van der Waals surface area contributed by atoms with E-state index in [9.17, 15) is 4.79 Å². The van der Waals surface area contributed by atoms with E-state index in [1.807, 2.05) is 23.2 Å². The number of carbonyl (C=O) groups is 1. The third-order valence-corrected chi connectivity index (χ3v) is 4.33. The number of carbonyl (C=O) groups excluding carboxylic acids is 1. The van der Waals surface area contributed by atoms with Gasteiger partial charge in [0, 0.05) is 43.9 Å². The lowest BCUT2D eigenvalue weighted by Gasteiger charge is -2.32. The van der Waals surface area contributed by atoms with Crippen LogP contribution in [0.15, 0.2) is 18.3 Å². The SMILES string of the molecule is COc1ccc(CNC2CCN(C(=O)C3CC3)CC2)cn1. The molecule has 1 aliphatic heterocycles. The molecule has 0 atom stereocenters. The number of nitrogens with zero attached hydrogens (tertiary/aromatic N) is 2. The molecule has 1 saturated carbocycles. The highest BCUT2D eigenvalue weighted by atomic mass is 16.5. The first-order valence-corrected chi connectivity index (χ1v) is 7.77. The minimum Gasteiger partial charge on any atom is -0.481 e. The molecule has 1 aliphatic carbocycles. The van der Waals surface area contributed by atoms with E-state index >= 15 is 0 Å². The number of amides is 1. The van der Waals surface area contributed by atoms with Crippen molar-refractivity contribution in [3.8, 4) is 5.88 Å². The maximum absolute atomic E-state index is 12.0. The number of piperidine rings is 1. The molecule has 1 saturated heterocycles. The summed E-state index contributed by atoms with van der Waals surface area (Å²) in [6.45, 7) is 2.61. The molecule has 2 fully saturated rings. The topological polar surface area (TPSA) is 54.5 Å². The molecule has 0 aromatic carbocycles. The molecule has 2 heterocycles. The Labute approximate surface area is 125 Å². The molecule has 0 unspecified atom stereocenters. The predicted octanol–water partition coefficient (Wildman–Crippen LogP) is 1.58. The van der Waals surface area contributed by atoms with Gasteiger partial charge in [0.15, 0.2) is 0 Å². The number of likely N-dealkylation sites (tertiary alicyclic amines) is 1. The van der Waals surface area contributed by atoms with E-state index in [0.29, 0.717) is 23.7 Å². The fourth-order valence-electron chi connectivity index (χ4n) is 2.79. The van der Waals surface area contributed by atoms with Gasteiger partial charge in [-0.3, -0.25) is 4.79 Å². The Kier molecular flexibility index (Phi) is 4.39. The van der Waals surface area contributed by atoms with Gasteiger partial charge >= 0.3 is 0 Å². The first-order valence-electron chi connectivity index (χ1n) is 7.77. The molecule has 0 radical (unpaired) electrons. The Bertz CT molecular complexity index is 477. The lowest BCUT2D eigenvalue weighted by atomic mass is 10.0. The van der Waals surface area contributed by atoms with E-state index in [2.05, 4.69) is 10.3 Å². The zero-order valence-electron chi connectivity index (χ0n) is 12.5. The summed E-state index contributed by atoms with van der Waals surface area (Å²) in [5.74, 6) is 1.37. The van der Waals surface area contributed by atoms with Crippen LogP contribution in [-0.2, 0) is 11.3 Å². The van der Waals surface area contributed by atoms with E-state index in [1.54, 1.807) is 7.11 Å². The monoisotopic (exact) mass is 289 g/mol. The summed E-state index contributed by atoms with van der Waals surface area (Å²) < 4.78 is 5.05. The van der Waals surface area contributed by atoms with Gasteiger partial charge in [0.2, 0.25) is 11.8 Å². The molecule has 114 valence electrons. The zero-order chi connectivity index (χ0) is 14.7. The molecule has 1 amide bonds. The van der Waals surface area contributed by atoms with Gasteiger partial charge in [-0.05, 0) is 31.2 Å². The van der Waals surface area contributed by atoms with Crippen molar-refractivity contribution < 1.29 is 9.53 Å². The maximum atomic E-state index is 12.0. The second kappa shape index (κ2) is 6.43. The molecule has 5 heteroatoms. The zero-order valence-corrected chi connectivity index (χ0v) is 12.5. The van der Waals surface area contributed by atoms with Crippen LogP contribution in [0.5, 0.6) is 5.88 Å². The van der Waals surface area contributed by atoms with Gasteiger partial charge in [0.25, 0.3) is 0 Å². The smallest absolute Gasteiger partial charge is 0.225 e. The van der Waals surface area contributed by atoms with Crippen molar-refractivity contribution in [2.24, 2.45) is 5.92 Å². The van der Waals surface area contributed by atoms with Crippen LogP contribution in [0.25, 0.3) is 0 Å². The van der Waals surface area contributed by atoms with Crippen LogP contribution >= 0.6 is 0 Å². The van der Waals surface area contributed by atoms with Crippen LogP contribution in [0.2, 0.25) is 0 Å². The van der Waals surface area contributed by atoms with Gasteiger partial charge in [-0.25, -0.2) is 4.98 Å². The summed E-state index contributed by atoms with van der Waals surface area (Å²) in [7, 11) is 1.62. The molecule has 0 bridgehead atoms. The Morgan fingerprint density at radius 3 is 2.67 bits per heavy atom. The van der Waals surface area contributed by atoms with Gasteiger partial charge in [0.05, 0.1) is 7.11 Å². The highest BCUT2D eigenvalue weighted by Crippen LogP contribution is 2.31. The first-order chi connectivity index (χ1) is 10.3. The van der Waals surface area contributed by atoms with Gasteiger partial charge in [-0.15, -0.1) is 0 Å². The minimum atomic E-state index is 0.347. The molecule has 0 spiro atoms. The first kappa shape index (κ1) is 14.3. The number of hydrogen-bond acceptors (Lipinski definition) is 4. The van der Waals surface area contributed by atoms with Crippen molar-refractivity contribution in [1.82, 2.24) is 15.2 Å². The second-order valence-corrected chi connectivity index (χ2v) is 5.96. The normalized spacial score (nSPS) is 19.6. The van der Waals surface area contributed by atoms with E-state index in [4.69, 9.17) is 4.74 Å². The van der Waals surface area contributed by atoms with Crippen LogP contribution in [-0.4, -0.2) is 42.0 Å². The summed E-state index contributed by atoms with van der Waals surface area (Å²) in [4.78, 5) is 18.2. The van der Waals surface area contributed by atoms with Gasteiger partial charge in [-0.2, -0.15) is 0 Å². The van der Waals surface area contributed by atoms with Crippen LogP contribution in [0.3, 0.4) is 0 Å². The van der Waals surface area contributed by atoms with Crippen molar-refractivity contribution in [1.29, 1.82) is 0 Å². The average Bonchev–Trinajstić information content (AvgIpc) is 3.38. The number of pyridine rings is 1. The predicted molar refractivity (Wildman–Crippen MR) is 80.0 cm³/mol. The number of methoxy groups -OCH3 is 1. The Morgan fingerprint density at radius 2 is 2.10 bits per heavy atom. The lowest BCUT2D eigenvalue weighted by Crippen LogP contribution is -2.45. The van der Waals surface area contributed by atoms with Gasteiger partial charge in [-0.1, -0.05) is 6.07 Å². The summed E-state index contributed by atoms with van der Waals surface area (Å²) in [5, 5.41) is 3.56. The molecule has 1 aromatic heterocycles. The highest BCUT2D eigenvalue weighted by Gasteiger charge is 2.34. The molecular formula is C16H23N3O2. The Balaban J connectivity index is 1.41. The fourth-order valence-corrected chi connectivity index (χ4v) is 2.79. The van der Waals surface area contributed by atoms with Gasteiger partial charge < -0.3 is 15.0 Å². The number of aromatic nitrogens is 1. The van der Waals surface area contributed by atoms with E-state index in [1.165, 1.54) is 0 Å². The summed E-state index contributed by atoms with van der Waals surface area (Å²) >= 11 is 0. The molecular weight excluding hydrogens is 266 g/mol. The van der Waals surface area contributed by atoms with Crippen LogP contribution in [0.1, 0.15) is 31.2 Å².